The summed E-state index contributed by atoms with van der Waals surface area (Å²) in [4.78, 5) is 25.3. The average molecular weight is 724 g/mol. The molecule has 6 heteroatoms. The van der Waals surface area contributed by atoms with Crippen molar-refractivity contribution in [1.82, 2.24) is 24.9 Å². The normalized spacial score (nSPS) is 12.6. The third-order valence-electron chi connectivity index (χ3n) is 10.0. The number of thiophene rings is 1. The van der Waals surface area contributed by atoms with Crippen LogP contribution in [-0.4, -0.2) is 24.9 Å². The second-order valence-corrected chi connectivity index (χ2v) is 14.6. The summed E-state index contributed by atoms with van der Waals surface area (Å²) in [7, 11) is 0. The lowest BCUT2D eigenvalue weighted by atomic mass is 9.95. The third kappa shape index (κ3) is 6.33. The van der Waals surface area contributed by atoms with Gasteiger partial charge in [-0.25, -0.2) is 24.9 Å². The van der Waals surface area contributed by atoms with Gasteiger partial charge in [0.1, 0.15) is 0 Å². The predicted molar refractivity (Wildman–Crippen MR) is 227 cm³/mol. The molecule has 0 N–H and O–H groups in total. The zero-order chi connectivity index (χ0) is 36.6. The molecule has 1 aliphatic carbocycles. The first kappa shape index (κ1) is 32.7. The van der Waals surface area contributed by atoms with Crippen molar-refractivity contribution in [2.75, 3.05) is 0 Å². The van der Waals surface area contributed by atoms with Gasteiger partial charge in [-0.05, 0) is 42.2 Å². The van der Waals surface area contributed by atoms with Gasteiger partial charge in [-0.2, -0.15) is 0 Å². The first-order valence-electron chi connectivity index (χ1n) is 18.5. The Morgan fingerprint density at radius 3 is 1.75 bits per heavy atom. The van der Waals surface area contributed by atoms with Gasteiger partial charge < -0.3 is 0 Å². The van der Waals surface area contributed by atoms with Gasteiger partial charge in [0.25, 0.3) is 0 Å². The van der Waals surface area contributed by atoms with E-state index in [1.54, 1.807) is 11.3 Å². The van der Waals surface area contributed by atoms with Gasteiger partial charge in [0.05, 0.1) is 11.4 Å². The number of aromatic nitrogens is 5. The van der Waals surface area contributed by atoms with Gasteiger partial charge >= 0.3 is 0 Å². The molecule has 0 saturated carbocycles. The second-order valence-electron chi connectivity index (χ2n) is 13.5. The maximum absolute atomic E-state index is 5.16. The van der Waals surface area contributed by atoms with Gasteiger partial charge in [0.2, 0.25) is 0 Å². The molecule has 55 heavy (non-hydrogen) atoms. The van der Waals surface area contributed by atoms with E-state index in [-0.39, 0.29) is 0 Å². The fourth-order valence-electron chi connectivity index (χ4n) is 7.32. The Hall–Kier alpha value is -6.89. The molecule has 0 atom stereocenters. The lowest BCUT2D eigenvalue weighted by Crippen LogP contribution is -2.03. The molecule has 0 radical (unpaired) electrons. The molecule has 0 unspecified atom stereocenters. The number of rotatable bonds is 7. The number of benzene rings is 6. The number of hydrogen-bond acceptors (Lipinski definition) is 6. The summed E-state index contributed by atoms with van der Waals surface area (Å²) in [5.41, 5.74) is 10.1. The molecule has 0 fully saturated rings. The van der Waals surface area contributed by atoms with Crippen LogP contribution in [0.3, 0.4) is 0 Å². The molecule has 0 bridgehead atoms. The van der Waals surface area contributed by atoms with E-state index in [1.807, 2.05) is 54.6 Å². The van der Waals surface area contributed by atoms with Crippen LogP contribution in [0.15, 0.2) is 176 Å². The van der Waals surface area contributed by atoms with Crippen molar-refractivity contribution in [3.05, 3.63) is 182 Å². The van der Waals surface area contributed by atoms with E-state index >= 15 is 0 Å². The van der Waals surface area contributed by atoms with Gasteiger partial charge in [0, 0.05) is 53.6 Å². The SMILES string of the molecule is C1=CC(c2nc(-c3ccccc3)nc(-c3cccc4sc5cc(-c6ccccc6-c6cc(-c7ccccc7)nc(-c7ccccc7)n6)ccc5c34)n2)=CCC1. The highest BCUT2D eigenvalue weighted by Gasteiger charge is 2.19. The molecule has 3 heterocycles. The Kier molecular flexibility index (Phi) is 8.43. The highest BCUT2D eigenvalue weighted by Crippen LogP contribution is 2.42. The van der Waals surface area contributed by atoms with E-state index in [0.29, 0.717) is 23.3 Å². The van der Waals surface area contributed by atoms with Crippen molar-refractivity contribution in [3.63, 3.8) is 0 Å². The number of fused-ring (bicyclic) bond motifs is 3. The first-order valence-corrected chi connectivity index (χ1v) is 19.3. The molecule has 0 saturated heterocycles. The van der Waals surface area contributed by atoms with Crippen LogP contribution in [0.4, 0.5) is 0 Å². The Balaban J connectivity index is 1.11. The van der Waals surface area contributed by atoms with Gasteiger partial charge in [-0.3, -0.25) is 0 Å². The molecule has 6 aromatic carbocycles. The molecule has 3 aromatic heterocycles. The van der Waals surface area contributed by atoms with Gasteiger partial charge in [0.15, 0.2) is 23.3 Å². The van der Waals surface area contributed by atoms with Crippen molar-refractivity contribution < 1.29 is 0 Å². The van der Waals surface area contributed by atoms with E-state index in [2.05, 4.69) is 121 Å². The topological polar surface area (TPSA) is 64.5 Å². The van der Waals surface area contributed by atoms with E-state index in [9.17, 15) is 0 Å². The smallest absolute Gasteiger partial charge is 0.164 e. The van der Waals surface area contributed by atoms with E-state index in [4.69, 9.17) is 24.9 Å². The quantitative estimate of drug-likeness (QED) is 0.164. The average Bonchev–Trinajstić information content (AvgIpc) is 3.65. The Morgan fingerprint density at radius 1 is 0.400 bits per heavy atom. The van der Waals surface area contributed by atoms with Crippen molar-refractivity contribution in [3.8, 4) is 67.8 Å². The van der Waals surface area contributed by atoms with E-state index < -0.39 is 0 Å². The van der Waals surface area contributed by atoms with Gasteiger partial charge in [-0.1, -0.05) is 158 Å². The predicted octanol–water partition coefficient (Wildman–Crippen LogP) is 12.8. The minimum absolute atomic E-state index is 0.673. The third-order valence-corrected chi connectivity index (χ3v) is 11.1. The van der Waals surface area contributed by atoms with Crippen molar-refractivity contribution in [1.29, 1.82) is 0 Å². The highest BCUT2D eigenvalue weighted by molar-refractivity contribution is 7.26. The van der Waals surface area contributed by atoms with E-state index in [1.165, 1.54) is 14.8 Å². The molecular formula is C49H33N5S. The summed E-state index contributed by atoms with van der Waals surface area (Å²) >= 11 is 1.79. The summed E-state index contributed by atoms with van der Waals surface area (Å²) in [6.45, 7) is 0. The lowest BCUT2D eigenvalue weighted by molar-refractivity contribution is 1.01. The van der Waals surface area contributed by atoms with Crippen LogP contribution >= 0.6 is 11.3 Å². The summed E-state index contributed by atoms with van der Waals surface area (Å²) < 4.78 is 2.39. The Labute approximate surface area is 323 Å². The minimum atomic E-state index is 0.673. The summed E-state index contributed by atoms with van der Waals surface area (Å²) in [6, 6.07) is 54.6. The van der Waals surface area contributed by atoms with Crippen LogP contribution in [-0.2, 0) is 0 Å². The molecule has 0 amide bonds. The van der Waals surface area contributed by atoms with Gasteiger partial charge in [-0.15, -0.1) is 11.3 Å². The zero-order valence-corrected chi connectivity index (χ0v) is 30.6. The molecule has 1 aliphatic rings. The minimum Gasteiger partial charge on any atom is -0.228 e. The fraction of sp³-hybridized carbons (Fsp3) is 0.0408. The summed E-state index contributed by atoms with van der Waals surface area (Å²) in [6.07, 6.45) is 8.55. The maximum atomic E-state index is 5.16. The van der Waals surface area contributed by atoms with Crippen LogP contribution in [0.5, 0.6) is 0 Å². The molecule has 0 spiro atoms. The first-order chi connectivity index (χ1) is 27.2. The molecule has 10 rings (SSSR count). The molecule has 0 aliphatic heterocycles. The number of hydrogen-bond donors (Lipinski definition) is 0. The monoisotopic (exact) mass is 723 g/mol. The van der Waals surface area contributed by atoms with Crippen LogP contribution in [0, 0.1) is 0 Å². The summed E-state index contributed by atoms with van der Waals surface area (Å²) in [5, 5.41) is 2.33. The van der Waals surface area contributed by atoms with Crippen LogP contribution < -0.4 is 0 Å². The van der Waals surface area contributed by atoms with Crippen LogP contribution in [0.25, 0.3) is 93.6 Å². The zero-order valence-electron chi connectivity index (χ0n) is 29.8. The molecule has 260 valence electrons. The highest BCUT2D eigenvalue weighted by atomic mass is 32.1. The number of nitrogens with zero attached hydrogens (tertiary/aromatic N) is 5. The molecular weight excluding hydrogens is 691 g/mol. The van der Waals surface area contributed by atoms with E-state index in [0.717, 1.165) is 74.1 Å². The summed E-state index contributed by atoms with van der Waals surface area (Å²) in [5.74, 6) is 2.75. The standard InChI is InChI=1S/C49H33N5S/c1-5-16-32(17-6-1)41-31-42(51-46(50-41)33-18-7-2-8-19-33)38-25-14-13-24-37(38)36-28-29-39-44(30-36)55-43-27-15-26-40(45(39)43)49-53-47(34-20-9-3-10-21-34)52-48(54-49)35-22-11-4-12-23-35/h1-3,5-11,13-31H,4,12H2. The fourth-order valence-corrected chi connectivity index (χ4v) is 8.49. The van der Waals surface area contributed by atoms with Crippen LogP contribution in [0.1, 0.15) is 18.7 Å². The number of allylic oxidation sites excluding steroid dienone is 4. The van der Waals surface area contributed by atoms with Crippen molar-refractivity contribution in [2.24, 2.45) is 0 Å². The van der Waals surface area contributed by atoms with Crippen LogP contribution in [0.2, 0.25) is 0 Å². The van der Waals surface area contributed by atoms with Crippen molar-refractivity contribution in [2.45, 2.75) is 12.8 Å². The molecule has 5 nitrogen and oxygen atoms in total. The largest absolute Gasteiger partial charge is 0.228 e. The Bertz CT molecular complexity index is 2860. The molecule has 9 aromatic rings. The second kappa shape index (κ2) is 14.2. The maximum Gasteiger partial charge on any atom is 0.164 e. The van der Waals surface area contributed by atoms with Crippen molar-refractivity contribution >= 4 is 37.1 Å². The lowest BCUT2D eigenvalue weighted by Gasteiger charge is -2.13. The Morgan fingerprint density at radius 2 is 1.02 bits per heavy atom.